The van der Waals surface area contributed by atoms with Crippen molar-refractivity contribution in [2.75, 3.05) is 13.2 Å². The highest BCUT2D eigenvalue weighted by Gasteiger charge is 2.47. The molecule has 6 N–H and O–H groups in total. The molecule has 8 atom stereocenters. The summed E-state index contributed by atoms with van der Waals surface area (Å²) in [6.45, 7) is 5.82. The van der Waals surface area contributed by atoms with E-state index in [1.165, 1.54) is 205 Å². The lowest BCUT2D eigenvalue weighted by Crippen LogP contribution is -2.61. The van der Waals surface area contributed by atoms with Crippen molar-refractivity contribution < 1.29 is 49.3 Å². The molecule has 432 valence electrons. The fourth-order valence-electron chi connectivity index (χ4n) is 10.2. The zero-order valence-electron chi connectivity index (χ0n) is 47.8. The topological polar surface area (TPSA) is 175 Å². The van der Waals surface area contributed by atoms with Gasteiger partial charge in [0.2, 0.25) is 5.91 Å². The van der Waals surface area contributed by atoms with Gasteiger partial charge in [0.25, 0.3) is 0 Å². The van der Waals surface area contributed by atoms with E-state index in [1.54, 1.807) is 6.08 Å². The van der Waals surface area contributed by atoms with Crippen LogP contribution in [0.5, 0.6) is 0 Å². The molecule has 11 nitrogen and oxygen atoms in total. The monoisotopic (exact) mass is 1040 g/mol. The Morgan fingerprint density at radius 2 is 0.890 bits per heavy atom. The number of hydrogen-bond donors (Lipinski definition) is 6. The van der Waals surface area contributed by atoms with E-state index >= 15 is 0 Å². The Labute approximate surface area is 448 Å². The van der Waals surface area contributed by atoms with Gasteiger partial charge in [-0.25, -0.2) is 0 Å². The molecule has 0 aliphatic carbocycles. The molecular weight excluding hydrogens is 919 g/mol. The standard InChI is InChI=1S/C62H119NO10/c1-4-7-10-13-16-19-22-25-27-28-29-30-31-34-37-40-43-46-49-55(66)61(70)63-53(54(65)48-45-42-39-36-33-24-21-18-15-12-9-6-3)52-71-62-60(59(69)58(68)56(51-64)72-62)73-57(67)50-47-44-41-38-35-32-26-23-20-17-14-11-8-5-2/h45,48,53-56,58-60,62,64-66,68-69H,4-44,46-47,49-52H2,1-3H3,(H,63,70)/b48-45+. The number of aliphatic hydroxyl groups excluding tert-OH is 5. The van der Waals surface area contributed by atoms with E-state index in [9.17, 15) is 35.1 Å². The summed E-state index contributed by atoms with van der Waals surface area (Å²) in [6, 6.07) is -1.02. The van der Waals surface area contributed by atoms with E-state index in [4.69, 9.17) is 14.2 Å². The van der Waals surface area contributed by atoms with Crippen LogP contribution in [0.4, 0.5) is 0 Å². The molecule has 0 radical (unpaired) electrons. The molecule has 1 aliphatic heterocycles. The smallest absolute Gasteiger partial charge is 0.306 e. The Bertz CT molecular complexity index is 1240. The Balaban J connectivity index is 2.66. The second kappa shape index (κ2) is 51.2. The van der Waals surface area contributed by atoms with Crippen molar-refractivity contribution in [1.82, 2.24) is 5.32 Å². The second-order valence-corrected chi connectivity index (χ2v) is 22.2. The maximum atomic E-state index is 13.4. The summed E-state index contributed by atoms with van der Waals surface area (Å²) in [5.74, 6) is -1.18. The maximum absolute atomic E-state index is 13.4. The molecule has 1 saturated heterocycles. The Morgan fingerprint density at radius 1 is 0.521 bits per heavy atom. The molecule has 1 fully saturated rings. The SMILES string of the molecule is CCCCCCCCCCCC/C=C/C(O)C(COC1OC(CO)C(O)C(O)C1OC(=O)CCCCCCCCCCCCCCCC)NC(=O)C(O)CCCCCCCCCCCCCCCCCCCC. The molecule has 8 unspecified atom stereocenters. The van der Waals surface area contributed by atoms with Gasteiger partial charge >= 0.3 is 5.97 Å². The molecule has 1 aliphatic rings. The summed E-state index contributed by atoms with van der Waals surface area (Å²) < 4.78 is 17.6. The van der Waals surface area contributed by atoms with Crippen LogP contribution in [0.2, 0.25) is 0 Å². The van der Waals surface area contributed by atoms with Gasteiger partial charge in [-0.05, 0) is 25.7 Å². The zero-order chi connectivity index (χ0) is 53.3. The average Bonchev–Trinajstić information content (AvgIpc) is 3.39. The van der Waals surface area contributed by atoms with E-state index in [-0.39, 0.29) is 13.0 Å². The van der Waals surface area contributed by atoms with Crippen LogP contribution in [0.1, 0.15) is 310 Å². The lowest BCUT2D eigenvalue weighted by molar-refractivity contribution is -0.305. The van der Waals surface area contributed by atoms with Crippen molar-refractivity contribution in [2.45, 2.75) is 359 Å². The van der Waals surface area contributed by atoms with Crippen LogP contribution in [0.25, 0.3) is 0 Å². The number of amides is 1. The van der Waals surface area contributed by atoms with Crippen LogP contribution < -0.4 is 5.32 Å². The van der Waals surface area contributed by atoms with Gasteiger partial charge in [-0.15, -0.1) is 0 Å². The third-order valence-corrected chi connectivity index (χ3v) is 15.2. The van der Waals surface area contributed by atoms with E-state index < -0.39 is 67.4 Å². The summed E-state index contributed by atoms with van der Waals surface area (Å²) in [6.07, 6.45) is 46.8. The van der Waals surface area contributed by atoms with E-state index in [2.05, 4.69) is 26.1 Å². The predicted molar refractivity (Wildman–Crippen MR) is 301 cm³/mol. The molecule has 11 heteroatoms. The predicted octanol–water partition coefficient (Wildman–Crippen LogP) is 14.7. The molecule has 0 bridgehead atoms. The van der Waals surface area contributed by atoms with Crippen LogP contribution in [0, 0.1) is 0 Å². The fourth-order valence-corrected chi connectivity index (χ4v) is 10.2. The van der Waals surface area contributed by atoms with Crippen LogP contribution in [0.3, 0.4) is 0 Å². The molecule has 0 saturated carbocycles. The first-order chi connectivity index (χ1) is 35.7. The van der Waals surface area contributed by atoms with Gasteiger partial charge in [-0.1, -0.05) is 290 Å². The second-order valence-electron chi connectivity index (χ2n) is 22.2. The third kappa shape index (κ3) is 39.4. The number of allylic oxidation sites excluding steroid dienone is 1. The number of nitrogens with one attached hydrogen (secondary N) is 1. The third-order valence-electron chi connectivity index (χ3n) is 15.2. The highest BCUT2D eigenvalue weighted by Crippen LogP contribution is 2.26. The Hall–Kier alpha value is -1.60. The number of esters is 1. The lowest BCUT2D eigenvalue weighted by atomic mass is 9.99. The van der Waals surface area contributed by atoms with Crippen molar-refractivity contribution in [1.29, 1.82) is 0 Å². The molecule has 1 heterocycles. The minimum Gasteiger partial charge on any atom is -0.454 e. The molecular formula is C62H119NO10. The molecule has 0 aromatic rings. The summed E-state index contributed by atoms with van der Waals surface area (Å²) in [5.41, 5.74) is 0. The van der Waals surface area contributed by atoms with Crippen molar-refractivity contribution in [3.05, 3.63) is 12.2 Å². The van der Waals surface area contributed by atoms with Crippen molar-refractivity contribution >= 4 is 11.9 Å². The quantitative estimate of drug-likeness (QED) is 0.0195. The highest BCUT2D eigenvalue weighted by atomic mass is 16.7. The molecule has 1 rings (SSSR count). The molecule has 0 spiro atoms. The van der Waals surface area contributed by atoms with E-state index in [1.807, 2.05) is 6.08 Å². The molecule has 1 amide bonds. The largest absolute Gasteiger partial charge is 0.454 e. The first kappa shape index (κ1) is 69.4. The van der Waals surface area contributed by atoms with Crippen LogP contribution in [-0.2, 0) is 23.8 Å². The van der Waals surface area contributed by atoms with Crippen molar-refractivity contribution in [3.8, 4) is 0 Å². The number of carbonyl (C=O) groups excluding carboxylic acids is 2. The Morgan fingerprint density at radius 3 is 1.29 bits per heavy atom. The zero-order valence-corrected chi connectivity index (χ0v) is 47.8. The number of unbranched alkanes of at least 4 members (excludes halogenated alkanes) is 40. The molecule has 73 heavy (non-hydrogen) atoms. The normalized spacial score (nSPS) is 19.4. The first-order valence-electron chi connectivity index (χ1n) is 31.5. The average molecular weight is 1040 g/mol. The summed E-state index contributed by atoms with van der Waals surface area (Å²) >= 11 is 0. The number of aliphatic hydroxyl groups is 5. The number of carbonyl (C=O) groups is 2. The fraction of sp³-hybridized carbons (Fsp3) is 0.935. The minimum absolute atomic E-state index is 0.131. The van der Waals surface area contributed by atoms with Crippen LogP contribution in [-0.4, -0.2) is 99.6 Å². The number of ether oxygens (including phenoxy) is 3. The van der Waals surface area contributed by atoms with Gasteiger partial charge < -0.3 is 45.1 Å². The van der Waals surface area contributed by atoms with Gasteiger partial charge in [0.1, 0.15) is 24.4 Å². The summed E-state index contributed by atoms with van der Waals surface area (Å²) in [5, 5.41) is 57.0. The number of rotatable bonds is 54. The molecule has 0 aromatic heterocycles. The number of hydrogen-bond acceptors (Lipinski definition) is 10. The van der Waals surface area contributed by atoms with Crippen LogP contribution >= 0.6 is 0 Å². The van der Waals surface area contributed by atoms with Gasteiger partial charge in [-0.2, -0.15) is 0 Å². The highest BCUT2D eigenvalue weighted by molar-refractivity contribution is 5.80. The van der Waals surface area contributed by atoms with Gasteiger partial charge in [0.15, 0.2) is 12.4 Å². The molecule has 0 aromatic carbocycles. The van der Waals surface area contributed by atoms with Crippen molar-refractivity contribution in [2.24, 2.45) is 0 Å². The minimum atomic E-state index is -1.61. The van der Waals surface area contributed by atoms with Gasteiger partial charge in [0, 0.05) is 6.42 Å². The van der Waals surface area contributed by atoms with Crippen molar-refractivity contribution in [3.63, 3.8) is 0 Å². The van der Waals surface area contributed by atoms with Crippen LogP contribution in [0.15, 0.2) is 12.2 Å². The lowest BCUT2D eigenvalue weighted by Gasteiger charge is -2.41. The van der Waals surface area contributed by atoms with Gasteiger partial charge in [0.05, 0.1) is 25.4 Å². The van der Waals surface area contributed by atoms with E-state index in [0.717, 1.165) is 57.8 Å². The Kier molecular flexibility index (Phi) is 48.7. The summed E-state index contributed by atoms with van der Waals surface area (Å²) in [4.78, 5) is 26.5. The maximum Gasteiger partial charge on any atom is 0.306 e. The first-order valence-corrected chi connectivity index (χ1v) is 31.5. The summed E-state index contributed by atoms with van der Waals surface area (Å²) in [7, 11) is 0. The van der Waals surface area contributed by atoms with Gasteiger partial charge in [-0.3, -0.25) is 9.59 Å². The van der Waals surface area contributed by atoms with E-state index in [0.29, 0.717) is 19.3 Å².